The number of aliphatic hydroxyl groups is 1. The van der Waals surface area contributed by atoms with Crippen molar-refractivity contribution >= 4 is 23.3 Å². The molecule has 0 unspecified atom stereocenters. The van der Waals surface area contributed by atoms with Crippen LogP contribution in [0.25, 0.3) is 0 Å². The largest absolute Gasteiger partial charge is 0.490 e. The molecule has 0 radical (unpaired) electrons. The maximum absolute atomic E-state index is 12.6. The van der Waals surface area contributed by atoms with Crippen molar-refractivity contribution in [3.8, 4) is 5.75 Å². The van der Waals surface area contributed by atoms with Gasteiger partial charge in [0.05, 0.1) is 24.9 Å². The van der Waals surface area contributed by atoms with Crippen LogP contribution >= 0.6 is 0 Å². The van der Waals surface area contributed by atoms with E-state index in [0.29, 0.717) is 30.3 Å². The molecule has 24 heavy (non-hydrogen) atoms. The third-order valence-corrected chi connectivity index (χ3v) is 3.62. The van der Waals surface area contributed by atoms with Crippen molar-refractivity contribution in [3.05, 3.63) is 18.2 Å². The van der Waals surface area contributed by atoms with Crippen LogP contribution in [0, 0.1) is 5.41 Å². The maximum atomic E-state index is 12.6. The number of aliphatic hydroxyl groups excluding tert-OH is 1. The zero-order valence-electron chi connectivity index (χ0n) is 14.5. The fourth-order valence-electron chi connectivity index (χ4n) is 2.35. The fourth-order valence-corrected chi connectivity index (χ4v) is 2.35. The molecular weight excluding hydrogens is 310 g/mol. The molecule has 0 spiro atoms. The van der Waals surface area contributed by atoms with Gasteiger partial charge in [-0.15, -0.1) is 0 Å². The van der Waals surface area contributed by atoms with Crippen molar-refractivity contribution in [3.63, 3.8) is 0 Å². The van der Waals surface area contributed by atoms with Gasteiger partial charge in [0.15, 0.2) is 0 Å². The normalized spacial score (nSPS) is 15.1. The minimum Gasteiger partial charge on any atom is -0.490 e. The molecule has 1 atom stereocenters. The molecule has 0 bridgehead atoms. The van der Waals surface area contributed by atoms with Crippen molar-refractivity contribution in [2.24, 2.45) is 5.41 Å². The molecular formula is C17H25N3O4. The summed E-state index contributed by atoms with van der Waals surface area (Å²) < 4.78 is 5.60. The van der Waals surface area contributed by atoms with Gasteiger partial charge in [0, 0.05) is 11.1 Å². The van der Waals surface area contributed by atoms with Crippen molar-refractivity contribution < 1.29 is 19.4 Å². The minimum atomic E-state index is -0.508. The zero-order valence-corrected chi connectivity index (χ0v) is 14.5. The molecule has 1 aromatic carbocycles. The average molecular weight is 335 g/mol. The smallest absolute Gasteiger partial charge is 0.319 e. The monoisotopic (exact) mass is 335 g/mol. The minimum absolute atomic E-state index is 0.00237. The lowest BCUT2D eigenvalue weighted by Gasteiger charge is -2.34. The first kappa shape index (κ1) is 18.1. The van der Waals surface area contributed by atoms with Gasteiger partial charge >= 0.3 is 6.03 Å². The van der Waals surface area contributed by atoms with Gasteiger partial charge in [0.2, 0.25) is 5.91 Å². The Kier molecular flexibility index (Phi) is 5.33. The number of nitrogens with one attached hydrogen (secondary N) is 2. The molecule has 1 aliphatic rings. The van der Waals surface area contributed by atoms with Crippen LogP contribution in [0.15, 0.2) is 18.2 Å². The second-order valence-electron chi connectivity index (χ2n) is 6.92. The SMILES string of the molecule is C[C@H](CO)NC(=O)Nc1ccc2c(c1)N(C(=O)C(C)(C)C)CCO2. The van der Waals surface area contributed by atoms with Gasteiger partial charge in [-0.3, -0.25) is 4.79 Å². The van der Waals surface area contributed by atoms with E-state index < -0.39 is 11.4 Å². The number of rotatable bonds is 3. The Labute approximate surface area is 142 Å². The topological polar surface area (TPSA) is 90.9 Å². The predicted octanol–water partition coefficient (Wildman–Crippen LogP) is 1.96. The zero-order chi connectivity index (χ0) is 17.9. The number of hydrogen-bond acceptors (Lipinski definition) is 4. The average Bonchev–Trinajstić information content (AvgIpc) is 2.52. The summed E-state index contributed by atoms with van der Waals surface area (Å²) in [6.07, 6.45) is 0. The third-order valence-electron chi connectivity index (χ3n) is 3.62. The number of hydrogen-bond donors (Lipinski definition) is 3. The van der Waals surface area contributed by atoms with Gasteiger partial charge in [-0.25, -0.2) is 4.79 Å². The van der Waals surface area contributed by atoms with Crippen LogP contribution in [0.3, 0.4) is 0 Å². The Hall–Kier alpha value is -2.28. The molecule has 0 saturated heterocycles. The molecule has 1 aliphatic heterocycles. The van der Waals surface area contributed by atoms with E-state index in [-0.39, 0.29) is 18.6 Å². The van der Waals surface area contributed by atoms with E-state index in [2.05, 4.69) is 10.6 Å². The lowest BCUT2D eigenvalue weighted by atomic mass is 9.94. The number of anilines is 2. The van der Waals surface area contributed by atoms with Crippen LogP contribution in [-0.2, 0) is 4.79 Å². The summed E-state index contributed by atoms with van der Waals surface area (Å²) in [4.78, 5) is 26.2. The molecule has 0 aromatic heterocycles. The van der Waals surface area contributed by atoms with E-state index >= 15 is 0 Å². The van der Waals surface area contributed by atoms with Crippen LogP contribution < -0.4 is 20.3 Å². The molecule has 3 N–H and O–H groups in total. The van der Waals surface area contributed by atoms with E-state index in [1.165, 1.54) is 0 Å². The van der Waals surface area contributed by atoms with Gasteiger partial charge in [-0.2, -0.15) is 0 Å². The lowest BCUT2D eigenvalue weighted by Crippen LogP contribution is -2.44. The first-order chi connectivity index (χ1) is 11.2. The first-order valence-electron chi connectivity index (χ1n) is 7.99. The van der Waals surface area contributed by atoms with E-state index in [1.807, 2.05) is 20.8 Å². The number of benzene rings is 1. The Morgan fingerprint density at radius 3 is 2.71 bits per heavy atom. The van der Waals surface area contributed by atoms with Gasteiger partial charge in [0.1, 0.15) is 12.4 Å². The Morgan fingerprint density at radius 1 is 1.38 bits per heavy atom. The summed E-state index contributed by atoms with van der Waals surface area (Å²) in [5.74, 6) is 0.621. The van der Waals surface area contributed by atoms with Crippen LogP contribution in [0.1, 0.15) is 27.7 Å². The van der Waals surface area contributed by atoms with Crippen LogP contribution in [0.5, 0.6) is 5.75 Å². The van der Waals surface area contributed by atoms with Gasteiger partial charge < -0.3 is 25.4 Å². The molecule has 0 saturated carbocycles. The second-order valence-corrected chi connectivity index (χ2v) is 6.92. The van der Waals surface area contributed by atoms with E-state index in [1.54, 1.807) is 30.0 Å². The van der Waals surface area contributed by atoms with Crippen molar-refractivity contribution in [2.45, 2.75) is 33.7 Å². The molecule has 2 rings (SSSR count). The quantitative estimate of drug-likeness (QED) is 0.787. The third kappa shape index (κ3) is 4.17. The first-order valence-corrected chi connectivity index (χ1v) is 7.99. The highest BCUT2D eigenvalue weighted by atomic mass is 16.5. The van der Waals surface area contributed by atoms with Crippen LogP contribution in [0.2, 0.25) is 0 Å². The maximum Gasteiger partial charge on any atom is 0.319 e. The summed E-state index contributed by atoms with van der Waals surface area (Å²) in [7, 11) is 0. The van der Waals surface area contributed by atoms with E-state index in [0.717, 1.165) is 0 Å². The number of ether oxygens (including phenoxy) is 1. The van der Waals surface area contributed by atoms with Crippen molar-refractivity contribution in [2.75, 3.05) is 30.0 Å². The molecule has 3 amide bonds. The summed E-state index contributed by atoms with van der Waals surface area (Å²) in [5, 5.41) is 14.3. The highest BCUT2D eigenvalue weighted by Crippen LogP contribution is 2.36. The lowest BCUT2D eigenvalue weighted by molar-refractivity contribution is -0.126. The Bertz CT molecular complexity index is 625. The highest BCUT2D eigenvalue weighted by Gasteiger charge is 2.32. The van der Waals surface area contributed by atoms with Crippen LogP contribution in [0.4, 0.5) is 16.2 Å². The Morgan fingerprint density at radius 2 is 2.08 bits per heavy atom. The molecule has 0 fully saturated rings. The number of carbonyl (C=O) groups is 2. The van der Waals surface area contributed by atoms with Gasteiger partial charge in [-0.1, -0.05) is 20.8 Å². The van der Waals surface area contributed by atoms with Crippen molar-refractivity contribution in [1.82, 2.24) is 5.32 Å². The van der Waals surface area contributed by atoms with Gasteiger partial charge in [0.25, 0.3) is 0 Å². The summed E-state index contributed by atoms with van der Waals surface area (Å²) >= 11 is 0. The summed E-state index contributed by atoms with van der Waals surface area (Å²) in [6, 6.07) is 4.42. The number of amides is 3. The van der Waals surface area contributed by atoms with Gasteiger partial charge in [-0.05, 0) is 25.1 Å². The fraction of sp³-hybridized carbons (Fsp3) is 0.529. The molecule has 1 heterocycles. The molecule has 0 aliphatic carbocycles. The Balaban J connectivity index is 2.21. The highest BCUT2D eigenvalue weighted by molar-refractivity contribution is 5.99. The molecule has 132 valence electrons. The molecule has 1 aromatic rings. The van der Waals surface area contributed by atoms with Crippen molar-refractivity contribution in [1.29, 1.82) is 0 Å². The predicted molar refractivity (Wildman–Crippen MR) is 92.4 cm³/mol. The standard InChI is InChI=1S/C17H25N3O4/c1-11(10-21)18-16(23)19-12-5-6-14-13(9-12)20(7-8-24-14)15(22)17(2,3)4/h5-6,9,11,21H,7-8,10H2,1-4H3,(H2,18,19,23)/t11-/m1/s1. The summed E-state index contributed by atoms with van der Waals surface area (Å²) in [5.41, 5.74) is 0.689. The number of carbonyl (C=O) groups excluding carboxylic acids is 2. The van der Waals surface area contributed by atoms with Crippen LogP contribution in [-0.4, -0.2) is 42.8 Å². The molecule has 7 heteroatoms. The van der Waals surface area contributed by atoms with E-state index in [9.17, 15) is 9.59 Å². The number of nitrogens with zero attached hydrogens (tertiary/aromatic N) is 1. The van der Waals surface area contributed by atoms with E-state index in [4.69, 9.17) is 9.84 Å². The number of urea groups is 1. The molecule has 7 nitrogen and oxygen atoms in total. The summed E-state index contributed by atoms with van der Waals surface area (Å²) in [6.45, 7) is 8.09. The number of fused-ring (bicyclic) bond motifs is 1. The second kappa shape index (κ2) is 7.09.